The van der Waals surface area contributed by atoms with E-state index in [1.807, 2.05) is 60.1 Å². The van der Waals surface area contributed by atoms with Crippen LogP contribution in [-0.4, -0.2) is 28.9 Å². The lowest BCUT2D eigenvalue weighted by Gasteiger charge is -2.25. The standard InChI is InChI=1S/C23H25N3O3/c1-15(2)22(18-6-9-20-21(14-18)29-13-12-28-20)25-23(27)17-4-7-19(8-5-17)26-16(3)10-11-24-26/h4-11,14-15,22H,12-13H2,1-3H3,(H,25,27)/t22-/m0/s1. The molecule has 1 aromatic heterocycles. The second-order valence-electron chi connectivity index (χ2n) is 7.53. The molecule has 1 amide bonds. The summed E-state index contributed by atoms with van der Waals surface area (Å²) in [4.78, 5) is 12.9. The van der Waals surface area contributed by atoms with Gasteiger partial charge in [-0.15, -0.1) is 0 Å². The summed E-state index contributed by atoms with van der Waals surface area (Å²) in [5.74, 6) is 1.58. The molecule has 29 heavy (non-hydrogen) atoms. The molecular weight excluding hydrogens is 366 g/mol. The lowest BCUT2D eigenvalue weighted by atomic mass is 9.95. The molecule has 6 heteroatoms. The van der Waals surface area contributed by atoms with Crippen molar-refractivity contribution in [3.63, 3.8) is 0 Å². The Morgan fingerprint density at radius 3 is 2.41 bits per heavy atom. The van der Waals surface area contributed by atoms with Gasteiger partial charge in [-0.3, -0.25) is 4.79 Å². The Labute approximate surface area is 170 Å². The normalized spacial score (nSPS) is 13.9. The van der Waals surface area contributed by atoms with E-state index >= 15 is 0 Å². The molecule has 150 valence electrons. The van der Waals surface area contributed by atoms with Crippen molar-refractivity contribution in [3.8, 4) is 17.2 Å². The average Bonchev–Trinajstić information content (AvgIpc) is 3.17. The number of hydrogen-bond acceptors (Lipinski definition) is 4. The lowest BCUT2D eigenvalue weighted by molar-refractivity contribution is 0.0925. The highest BCUT2D eigenvalue weighted by Crippen LogP contribution is 2.34. The van der Waals surface area contributed by atoms with Gasteiger partial charge in [-0.05, 0) is 60.9 Å². The quantitative estimate of drug-likeness (QED) is 0.712. The summed E-state index contributed by atoms with van der Waals surface area (Å²) in [5, 5.41) is 7.46. The zero-order chi connectivity index (χ0) is 20.4. The average molecular weight is 391 g/mol. The number of fused-ring (bicyclic) bond motifs is 1. The number of carbonyl (C=O) groups is 1. The maximum Gasteiger partial charge on any atom is 0.251 e. The number of aryl methyl sites for hydroxylation is 1. The predicted molar refractivity (Wildman–Crippen MR) is 111 cm³/mol. The highest BCUT2D eigenvalue weighted by atomic mass is 16.6. The van der Waals surface area contributed by atoms with E-state index in [2.05, 4.69) is 24.3 Å². The summed E-state index contributed by atoms with van der Waals surface area (Å²) in [6, 6.07) is 15.1. The Balaban J connectivity index is 1.53. The van der Waals surface area contributed by atoms with Crippen LogP contribution in [0.2, 0.25) is 0 Å². The lowest BCUT2D eigenvalue weighted by Crippen LogP contribution is -2.32. The third-order valence-electron chi connectivity index (χ3n) is 5.08. The van der Waals surface area contributed by atoms with E-state index < -0.39 is 0 Å². The summed E-state index contributed by atoms with van der Waals surface area (Å²) < 4.78 is 13.1. The Morgan fingerprint density at radius 1 is 1.03 bits per heavy atom. The third-order valence-corrected chi connectivity index (χ3v) is 5.08. The van der Waals surface area contributed by atoms with Crippen molar-refractivity contribution in [2.75, 3.05) is 13.2 Å². The van der Waals surface area contributed by atoms with Gasteiger partial charge in [0.15, 0.2) is 11.5 Å². The third kappa shape index (κ3) is 3.97. The van der Waals surface area contributed by atoms with Gasteiger partial charge in [0.1, 0.15) is 13.2 Å². The fourth-order valence-corrected chi connectivity index (χ4v) is 3.51. The molecule has 6 nitrogen and oxygen atoms in total. The summed E-state index contributed by atoms with van der Waals surface area (Å²) >= 11 is 0. The van der Waals surface area contributed by atoms with Crippen LogP contribution in [0.5, 0.6) is 11.5 Å². The molecule has 0 fully saturated rings. The van der Waals surface area contributed by atoms with Crippen LogP contribution in [0.15, 0.2) is 54.7 Å². The molecule has 0 saturated carbocycles. The molecule has 0 spiro atoms. The SMILES string of the molecule is Cc1ccnn1-c1ccc(C(=O)N[C@H](c2ccc3c(c2)OCCO3)C(C)C)cc1. The zero-order valence-electron chi connectivity index (χ0n) is 16.9. The summed E-state index contributed by atoms with van der Waals surface area (Å²) in [6.45, 7) is 7.27. The number of carbonyl (C=O) groups excluding carboxylic acids is 1. The highest BCUT2D eigenvalue weighted by molar-refractivity contribution is 5.94. The summed E-state index contributed by atoms with van der Waals surface area (Å²) in [7, 11) is 0. The maximum atomic E-state index is 12.9. The Bertz CT molecular complexity index is 1010. The van der Waals surface area contributed by atoms with Gasteiger partial charge in [0.2, 0.25) is 0 Å². The Morgan fingerprint density at radius 2 is 1.76 bits per heavy atom. The minimum absolute atomic E-state index is 0.109. The van der Waals surface area contributed by atoms with Crippen LogP contribution in [0, 0.1) is 12.8 Å². The molecule has 3 aromatic rings. The van der Waals surface area contributed by atoms with Crippen LogP contribution < -0.4 is 14.8 Å². The van der Waals surface area contributed by atoms with Crippen LogP contribution in [0.4, 0.5) is 0 Å². The molecule has 1 N–H and O–H groups in total. The van der Waals surface area contributed by atoms with Gasteiger partial charge < -0.3 is 14.8 Å². The first-order valence-corrected chi connectivity index (χ1v) is 9.84. The number of ether oxygens (including phenoxy) is 2. The fraction of sp³-hybridized carbons (Fsp3) is 0.304. The van der Waals surface area contributed by atoms with Gasteiger partial charge in [0.05, 0.1) is 11.7 Å². The first-order valence-electron chi connectivity index (χ1n) is 9.84. The van der Waals surface area contributed by atoms with Gasteiger partial charge in [0.25, 0.3) is 5.91 Å². The molecular formula is C23H25N3O3. The molecule has 1 aliphatic heterocycles. The van der Waals surface area contributed by atoms with E-state index in [0.717, 1.165) is 28.4 Å². The molecule has 0 bridgehead atoms. The first-order chi connectivity index (χ1) is 14.0. The fourth-order valence-electron chi connectivity index (χ4n) is 3.51. The molecule has 1 atom stereocenters. The van der Waals surface area contributed by atoms with Crippen LogP contribution >= 0.6 is 0 Å². The van der Waals surface area contributed by atoms with Crippen molar-refractivity contribution < 1.29 is 14.3 Å². The molecule has 2 aromatic carbocycles. The van der Waals surface area contributed by atoms with E-state index in [1.165, 1.54) is 0 Å². The first kappa shape index (κ1) is 19.1. The number of hydrogen-bond donors (Lipinski definition) is 1. The Hall–Kier alpha value is -3.28. The minimum atomic E-state index is -0.133. The van der Waals surface area contributed by atoms with Gasteiger partial charge in [-0.1, -0.05) is 19.9 Å². The van der Waals surface area contributed by atoms with E-state index in [4.69, 9.17) is 9.47 Å². The largest absolute Gasteiger partial charge is 0.486 e. The van der Waals surface area contributed by atoms with Crippen molar-refractivity contribution in [1.29, 1.82) is 0 Å². The van der Waals surface area contributed by atoms with Crippen molar-refractivity contribution in [2.24, 2.45) is 5.92 Å². The zero-order valence-corrected chi connectivity index (χ0v) is 16.9. The number of amides is 1. The van der Waals surface area contributed by atoms with Crippen LogP contribution in [0.3, 0.4) is 0 Å². The van der Waals surface area contributed by atoms with Gasteiger partial charge >= 0.3 is 0 Å². The van der Waals surface area contributed by atoms with Crippen molar-refractivity contribution in [1.82, 2.24) is 15.1 Å². The molecule has 0 aliphatic carbocycles. The molecule has 2 heterocycles. The van der Waals surface area contributed by atoms with Gasteiger partial charge in [-0.25, -0.2) is 4.68 Å². The van der Waals surface area contributed by atoms with Gasteiger partial charge in [-0.2, -0.15) is 5.10 Å². The molecule has 0 saturated heterocycles. The highest BCUT2D eigenvalue weighted by Gasteiger charge is 2.22. The molecule has 1 aliphatic rings. The van der Waals surface area contributed by atoms with E-state index in [1.54, 1.807) is 6.20 Å². The number of aromatic nitrogens is 2. The van der Waals surface area contributed by atoms with E-state index in [0.29, 0.717) is 18.8 Å². The van der Waals surface area contributed by atoms with Gasteiger partial charge in [0, 0.05) is 17.5 Å². The maximum absolute atomic E-state index is 12.9. The topological polar surface area (TPSA) is 65.4 Å². The Kier molecular flexibility index (Phi) is 5.25. The number of nitrogens with zero attached hydrogens (tertiary/aromatic N) is 2. The van der Waals surface area contributed by atoms with Crippen molar-refractivity contribution in [2.45, 2.75) is 26.8 Å². The van der Waals surface area contributed by atoms with Crippen LogP contribution in [0.25, 0.3) is 5.69 Å². The second kappa shape index (κ2) is 7.99. The van der Waals surface area contributed by atoms with E-state index in [-0.39, 0.29) is 17.9 Å². The number of rotatable bonds is 5. The molecule has 0 unspecified atom stereocenters. The van der Waals surface area contributed by atoms with Crippen LogP contribution in [0.1, 0.15) is 41.5 Å². The minimum Gasteiger partial charge on any atom is -0.486 e. The second-order valence-corrected chi connectivity index (χ2v) is 7.53. The monoisotopic (exact) mass is 391 g/mol. The molecule has 4 rings (SSSR count). The van der Waals surface area contributed by atoms with E-state index in [9.17, 15) is 4.79 Å². The number of nitrogens with one attached hydrogen (secondary N) is 1. The van der Waals surface area contributed by atoms with Crippen LogP contribution in [-0.2, 0) is 0 Å². The molecule has 0 radical (unpaired) electrons. The van der Waals surface area contributed by atoms with Crippen molar-refractivity contribution in [3.05, 3.63) is 71.5 Å². The summed E-state index contributed by atoms with van der Waals surface area (Å²) in [6.07, 6.45) is 1.76. The smallest absolute Gasteiger partial charge is 0.251 e. The predicted octanol–water partition coefficient (Wildman–Crippen LogP) is 4.08. The summed E-state index contributed by atoms with van der Waals surface area (Å²) in [5.41, 5.74) is 3.58. The number of benzene rings is 2. The van der Waals surface area contributed by atoms with Crippen molar-refractivity contribution >= 4 is 5.91 Å².